The number of hydrogen-bond acceptors (Lipinski definition) is 6. The number of nitrogens with one attached hydrogen (secondary N) is 3. The number of benzene rings is 2. The molecule has 0 aliphatic rings. The number of alkyl halides is 2. The summed E-state index contributed by atoms with van der Waals surface area (Å²) in [6.07, 6.45) is -1.17. The quantitative estimate of drug-likeness (QED) is 0.412. The number of nitrogens with zero attached hydrogens (tertiary/aromatic N) is 1. The third-order valence-electron chi connectivity index (χ3n) is 3.89. The van der Waals surface area contributed by atoms with Gasteiger partial charge >= 0.3 is 0 Å². The van der Waals surface area contributed by atoms with Crippen LogP contribution in [0.2, 0.25) is 5.02 Å². The number of thiazole rings is 1. The number of carbonyl (C=O) groups is 2. The zero-order valence-electron chi connectivity index (χ0n) is 16.6. The Morgan fingerprint density at radius 1 is 1.19 bits per heavy atom. The van der Waals surface area contributed by atoms with Crippen LogP contribution in [-0.4, -0.2) is 24.2 Å². The summed E-state index contributed by atoms with van der Waals surface area (Å²) in [6.45, 7) is 4.87. The first-order valence-corrected chi connectivity index (χ1v) is 10.4. The maximum Gasteiger partial charge on any atom is 0.289 e. The van der Waals surface area contributed by atoms with E-state index in [0.717, 1.165) is 16.9 Å². The van der Waals surface area contributed by atoms with Gasteiger partial charge in [0.1, 0.15) is 12.6 Å². The highest BCUT2D eigenvalue weighted by Gasteiger charge is 2.13. The minimum Gasteiger partial charge on any atom is -0.372 e. The van der Waals surface area contributed by atoms with Crippen molar-refractivity contribution >= 4 is 51.5 Å². The highest BCUT2D eigenvalue weighted by molar-refractivity contribution is 7.18. The average Bonchev–Trinajstić information content (AvgIpc) is 3.19. The highest BCUT2D eigenvalue weighted by Crippen LogP contribution is 2.31. The van der Waals surface area contributed by atoms with Crippen LogP contribution in [0.4, 0.5) is 14.5 Å². The minimum atomic E-state index is -2.59. The van der Waals surface area contributed by atoms with Gasteiger partial charge in [-0.15, -0.1) is 11.3 Å². The second kappa shape index (κ2) is 12.0. The van der Waals surface area contributed by atoms with E-state index in [4.69, 9.17) is 16.4 Å². The fraction of sp³-hybridized carbons (Fsp3) is 0.190. The summed E-state index contributed by atoms with van der Waals surface area (Å²) < 4.78 is 26.3. The van der Waals surface area contributed by atoms with Gasteiger partial charge in [-0.3, -0.25) is 4.79 Å². The molecule has 2 aromatic carbocycles. The number of aromatic nitrogens is 1. The lowest BCUT2D eigenvalue weighted by Crippen LogP contribution is -2.26. The van der Waals surface area contributed by atoms with Crippen LogP contribution < -0.4 is 16.0 Å². The van der Waals surface area contributed by atoms with Crippen molar-refractivity contribution < 1.29 is 18.4 Å². The molecule has 0 unspecified atom stereocenters. The van der Waals surface area contributed by atoms with Gasteiger partial charge in [-0.25, -0.2) is 13.8 Å². The van der Waals surface area contributed by atoms with Crippen LogP contribution in [-0.2, 0) is 16.1 Å². The molecule has 164 valence electrons. The molecule has 0 radical (unpaired) electrons. The average molecular weight is 467 g/mol. The Hall–Kier alpha value is -3.04. The molecule has 1 aromatic heterocycles. The maximum absolute atomic E-state index is 12.8. The number of hydrogen-bond donors (Lipinski definition) is 3. The van der Waals surface area contributed by atoms with Crippen LogP contribution in [0.5, 0.6) is 0 Å². The van der Waals surface area contributed by atoms with E-state index in [-0.39, 0.29) is 10.9 Å². The molecule has 0 aliphatic carbocycles. The zero-order chi connectivity index (χ0) is 22.8. The van der Waals surface area contributed by atoms with E-state index in [1.807, 2.05) is 25.8 Å². The molecule has 0 fully saturated rings. The lowest BCUT2D eigenvalue weighted by molar-refractivity contribution is -0.116. The summed E-state index contributed by atoms with van der Waals surface area (Å²) in [5.74, 6) is 0.223. The predicted molar refractivity (Wildman–Crippen MR) is 120 cm³/mol. The monoisotopic (exact) mass is 466 g/mol. The van der Waals surface area contributed by atoms with Crippen molar-refractivity contribution in [2.24, 2.45) is 0 Å². The number of fused-ring (bicyclic) bond motifs is 1. The lowest BCUT2D eigenvalue weighted by atomic mass is 10.2. The van der Waals surface area contributed by atoms with Gasteiger partial charge in [-0.05, 0) is 42.8 Å². The maximum atomic E-state index is 12.8. The fourth-order valence-corrected chi connectivity index (χ4v) is 3.55. The Labute approximate surface area is 187 Å². The van der Waals surface area contributed by atoms with E-state index in [9.17, 15) is 13.6 Å². The molecule has 3 N–H and O–H groups in total. The molecule has 0 atom stereocenters. The third kappa shape index (κ3) is 7.30. The summed E-state index contributed by atoms with van der Waals surface area (Å²) in [6, 6.07) is 12.3. The SMILES string of the molecule is C=O.CCN/C(=C\C(=O)NCc1ccc(Cl)cc1)Nc1ccc2nc(C(F)F)sc2c1. The number of halogens is 3. The Morgan fingerprint density at radius 3 is 2.55 bits per heavy atom. The number of carbonyl (C=O) groups excluding carboxylic acids is 2. The molecule has 10 heteroatoms. The van der Waals surface area contributed by atoms with Crippen molar-refractivity contribution in [1.29, 1.82) is 0 Å². The first-order chi connectivity index (χ1) is 14.9. The molecule has 6 nitrogen and oxygen atoms in total. The van der Waals surface area contributed by atoms with Crippen LogP contribution in [0.15, 0.2) is 54.4 Å². The normalized spacial score (nSPS) is 11.1. The summed E-state index contributed by atoms with van der Waals surface area (Å²) in [5, 5.41) is 9.43. The summed E-state index contributed by atoms with van der Waals surface area (Å²) in [5.41, 5.74) is 2.12. The molecule has 3 rings (SSSR count). The van der Waals surface area contributed by atoms with Crippen LogP contribution >= 0.6 is 22.9 Å². The van der Waals surface area contributed by atoms with Crippen LogP contribution in [0.3, 0.4) is 0 Å². The van der Waals surface area contributed by atoms with E-state index in [2.05, 4.69) is 20.9 Å². The van der Waals surface area contributed by atoms with Crippen LogP contribution in [0.25, 0.3) is 10.2 Å². The van der Waals surface area contributed by atoms with Crippen molar-refractivity contribution in [3.63, 3.8) is 0 Å². The first kappa shape index (κ1) is 24.2. The van der Waals surface area contributed by atoms with Crippen molar-refractivity contribution in [3.8, 4) is 0 Å². The number of rotatable bonds is 8. The third-order valence-corrected chi connectivity index (χ3v) is 5.17. The van der Waals surface area contributed by atoms with Gasteiger partial charge in [0.25, 0.3) is 6.43 Å². The number of anilines is 1. The molecule has 1 heterocycles. The van der Waals surface area contributed by atoms with Crippen molar-refractivity contribution in [2.45, 2.75) is 19.9 Å². The molecule has 1 amide bonds. The Morgan fingerprint density at radius 2 is 1.90 bits per heavy atom. The first-order valence-electron chi connectivity index (χ1n) is 9.17. The summed E-state index contributed by atoms with van der Waals surface area (Å²) >= 11 is 6.81. The predicted octanol–water partition coefficient (Wildman–Crippen LogP) is 4.88. The van der Waals surface area contributed by atoms with Crippen molar-refractivity contribution in [1.82, 2.24) is 15.6 Å². The molecular formula is C21H21ClF2N4O2S. The Kier molecular flexibility index (Phi) is 9.36. The second-order valence-corrected chi connectivity index (χ2v) is 7.59. The smallest absolute Gasteiger partial charge is 0.289 e. The molecule has 0 bridgehead atoms. The van der Waals surface area contributed by atoms with E-state index < -0.39 is 6.43 Å². The molecule has 0 saturated carbocycles. The van der Waals surface area contributed by atoms with E-state index in [0.29, 0.717) is 39.8 Å². The van der Waals surface area contributed by atoms with Gasteiger partial charge in [0.15, 0.2) is 5.01 Å². The highest BCUT2D eigenvalue weighted by atomic mass is 35.5. The summed E-state index contributed by atoms with van der Waals surface area (Å²) in [7, 11) is 0. The van der Waals surface area contributed by atoms with Crippen molar-refractivity contribution in [2.75, 3.05) is 11.9 Å². The van der Waals surface area contributed by atoms with E-state index in [1.165, 1.54) is 6.08 Å². The van der Waals surface area contributed by atoms with Crippen molar-refractivity contribution in [3.05, 3.63) is 70.0 Å². The Bertz CT molecular complexity index is 1040. The van der Waals surface area contributed by atoms with Gasteiger partial charge in [-0.1, -0.05) is 23.7 Å². The van der Waals surface area contributed by atoms with Gasteiger partial charge in [0.05, 0.1) is 10.2 Å². The molecule has 0 aliphatic heterocycles. The summed E-state index contributed by atoms with van der Waals surface area (Å²) in [4.78, 5) is 24.2. The second-order valence-electron chi connectivity index (χ2n) is 6.09. The van der Waals surface area contributed by atoms with Gasteiger partial charge in [0.2, 0.25) is 5.91 Å². The molecule has 0 spiro atoms. The molecule has 31 heavy (non-hydrogen) atoms. The van der Waals surface area contributed by atoms with Crippen LogP contribution in [0, 0.1) is 0 Å². The largest absolute Gasteiger partial charge is 0.372 e. The fourth-order valence-electron chi connectivity index (χ4n) is 2.56. The molecule has 3 aromatic rings. The van der Waals surface area contributed by atoms with Gasteiger partial charge in [-0.2, -0.15) is 0 Å². The standard InChI is InChI=1S/C20H19ClF2N4OS.CH2O/c1-2-24-17(10-18(28)25-11-12-3-5-13(21)6-4-12)26-14-7-8-15-16(9-14)29-20(27-15)19(22)23;1-2/h3-10,19,24,26H,2,11H2,1H3,(H,25,28);1H2/b17-10+;. The zero-order valence-corrected chi connectivity index (χ0v) is 18.2. The number of amides is 1. The lowest BCUT2D eigenvalue weighted by Gasteiger charge is -2.12. The topological polar surface area (TPSA) is 83.1 Å². The minimum absolute atomic E-state index is 0.207. The van der Waals surface area contributed by atoms with Crippen LogP contribution in [0.1, 0.15) is 23.9 Å². The molecule has 0 saturated heterocycles. The van der Waals surface area contributed by atoms with Gasteiger partial charge in [0, 0.05) is 29.9 Å². The molecular weight excluding hydrogens is 446 g/mol. The van der Waals surface area contributed by atoms with E-state index >= 15 is 0 Å². The Balaban J connectivity index is 0.00000166. The van der Waals surface area contributed by atoms with Gasteiger partial charge < -0.3 is 20.7 Å². The van der Waals surface area contributed by atoms with E-state index in [1.54, 1.807) is 30.3 Å².